The third kappa shape index (κ3) is 2.71. The van der Waals surface area contributed by atoms with Crippen LogP contribution in [0.3, 0.4) is 0 Å². The number of hydrogen-bond donors (Lipinski definition) is 1. The second-order valence-electron chi connectivity index (χ2n) is 4.85. The zero-order valence-corrected chi connectivity index (χ0v) is 12.5. The number of rotatable bonds is 1. The summed E-state index contributed by atoms with van der Waals surface area (Å²) < 4.78 is 2.07. The molecular formula is C15H15N3O2S. The highest BCUT2D eigenvalue weighted by Gasteiger charge is 2.23. The number of aliphatic hydroxyl groups is 1. The number of aliphatic hydroxyl groups excluding tert-OH is 1. The highest BCUT2D eigenvalue weighted by molar-refractivity contribution is 7.14. The van der Waals surface area contributed by atoms with Crippen LogP contribution < -0.4 is 0 Å². The molecule has 21 heavy (non-hydrogen) atoms. The Morgan fingerprint density at radius 2 is 2.38 bits per heavy atom. The van der Waals surface area contributed by atoms with Gasteiger partial charge in [0.1, 0.15) is 12.4 Å². The fourth-order valence-electron chi connectivity index (χ4n) is 2.33. The third-order valence-corrected chi connectivity index (χ3v) is 4.58. The predicted octanol–water partition coefficient (Wildman–Crippen LogP) is 1.25. The van der Waals surface area contributed by atoms with E-state index in [0.29, 0.717) is 18.0 Å². The Bertz CT molecular complexity index is 736. The number of thiophene rings is 1. The van der Waals surface area contributed by atoms with Gasteiger partial charge >= 0.3 is 0 Å². The van der Waals surface area contributed by atoms with E-state index in [1.165, 1.54) is 11.3 Å². The number of fused-ring (bicyclic) bond motifs is 1. The van der Waals surface area contributed by atoms with Gasteiger partial charge in [-0.05, 0) is 18.6 Å². The minimum absolute atomic E-state index is 0.0226. The average Bonchev–Trinajstić information content (AvgIpc) is 3.10. The summed E-state index contributed by atoms with van der Waals surface area (Å²) in [5.74, 6) is 6.45. The number of carbonyl (C=O) groups is 1. The molecule has 0 aliphatic carbocycles. The van der Waals surface area contributed by atoms with Crippen molar-refractivity contribution < 1.29 is 9.90 Å². The third-order valence-electron chi connectivity index (χ3n) is 3.44. The lowest BCUT2D eigenvalue weighted by molar-refractivity contribution is 0.0712. The van der Waals surface area contributed by atoms with Crippen molar-refractivity contribution >= 4 is 17.2 Å². The van der Waals surface area contributed by atoms with E-state index in [0.717, 1.165) is 22.8 Å². The molecular weight excluding hydrogens is 286 g/mol. The zero-order chi connectivity index (χ0) is 14.8. The molecule has 0 saturated carbocycles. The normalized spacial score (nSPS) is 13.5. The fourth-order valence-corrected chi connectivity index (χ4v) is 3.35. The van der Waals surface area contributed by atoms with E-state index in [9.17, 15) is 4.79 Å². The van der Waals surface area contributed by atoms with Crippen molar-refractivity contribution in [2.24, 2.45) is 0 Å². The number of carbonyl (C=O) groups excluding carboxylic acids is 1. The van der Waals surface area contributed by atoms with E-state index in [2.05, 4.69) is 21.4 Å². The summed E-state index contributed by atoms with van der Waals surface area (Å²) >= 11 is 1.38. The minimum Gasteiger partial charge on any atom is -0.384 e. The molecule has 3 heterocycles. The van der Waals surface area contributed by atoms with Gasteiger partial charge in [0.25, 0.3) is 5.91 Å². The highest BCUT2D eigenvalue weighted by Crippen LogP contribution is 2.24. The summed E-state index contributed by atoms with van der Waals surface area (Å²) in [6.45, 7) is 3.77. The number of amides is 1. The van der Waals surface area contributed by atoms with Gasteiger partial charge in [0, 0.05) is 25.5 Å². The van der Waals surface area contributed by atoms with Crippen LogP contribution in [0.25, 0.3) is 0 Å². The first kappa shape index (κ1) is 13.9. The Hall–Kier alpha value is -2.10. The summed E-state index contributed by atoms with van der Waals surface area (Å²) in [6, 6.07) is 1.87. The van der Waals surface area contributed by atoms with Crippen molar-refractivity contribution in [1.29, 1.82) is 0 Å². The molecule has 2 aromatic rings. The lowest BCUT2D eigenvalue weighted by Gasteiger charge is -2.27. The van der Waals surface area contributed by atoms with Crippen molar-refractivity contribution in [3.8, 4) is 11.8 Å². The molecule has 0 aromatic carbocycles. The first-order valence-electron chi connectivity index (χ1n) is 6.68. The minimum atomic E-state index is -0.171. The maximum absolute atomic E-state index is 12.6. The average molecular weight is 301 g/mol. The Balaban J connectivity index is 1.80. The first-order chi connectivity index (χ1) is 10.2. The maximum atomic E-state index is 12.6. The van der Waals surface area contributed by atoms with Crippen LogP contribution in [0.4, 0.5) is 0 Å². The molecule has 6 heteroatoms. The van der Waals surface area contributed by atoms with Gasteiger partial charge in [-0.15, -0.1) is 11.3 Å². The van der Waals surface area contributed by atoms with E-state index >= 15 is 0 Å². The van der Waals surface area contributed by atoms with Crippen LogP contribution in [-0.2, 0) is 13.1 Å². The van der Waals surface area contributed by atoms with Gasteiger partial charge in [0.15, 0.2) is 0 Å². The molecule has 0 fully saturated rings. The summed E-state index contributed by atoms with van der Waals surface area (Å²) in [5, 5.41) is 8.76. The Labute approximate surface area is 126 Å². The van der Waals surface area contributed by atoms with E-state index < -0.39 is 0 Å². The van der Waals surface area contributed by atoms with Gasteiger partial charge in [-0.2, -0.15) is 0 Å². The predicted molar refractivity (Wildman–Crippen MR) is 80.0 cm³/mol. The van der Waals surface area contributed by atoms with Gasteiger partial charge in [-0.1, -0.05) is 11.8 Å². The van der Waals surface area contributed by atoms with E-state index in [-0.39, 0.29) is 12.5 Å². The van der Waals surface area contributed by atoms with Crippen LogP contribution >= 0.6 is 11.3 Å². The summed E-state index contributed by atoms with van der Waals surface area (Å²) in [5.41, 5.74) is 0.975. The summed E-state index contributed by atoms with van der Waals surface area (Å²) in [4.78, 5) is 20.2. The van der Waals surface area contributed by atoms with Crippen LogP contribution in [0.1, 0.15) is 25.9 Å². The molecule has 2 aromatic heterocycles. The SMILES string of the molecule is Cc1cc(C(=O)N2CCn3ccnc3C2)sc1C#CCO. The first-order valence-corrected chi connectivity index (χ1v) is 7.50. The number of imidazole rings is 1. The molecule has 1 aliphatic heterocycles. The Kier molecular flexibility index (Phi) is 3.78. The lowest BCUT2D eigenvalue weighted by atomic mass is 10.2. The van der Waals surface area contributed by atoms with E-state index in [4.69, 9.17) is 5.11 Å². The van der Waals surface area contributed by atoms with Crippen LogP contribution in [0.2, 0.25) is 0 Å². The summed E-state index contributed by atoms with van der Waals surface area (Å²) in [6.07, 6.45) is 3.70. The van der Waals surface area contributed by atoms with E-state index in [1.807, 2.05) is 24.1 Å². The molecule has 108 valence electrons. The molecule has 1 aliphatic rings. The van der Waals surface area contributed by atoms with Gasteiger partial charge in [0.05, 0.1) is 16.3 Å². The number of nitrogens with zero attached hydrogens (tertiary/aromatic N) is 3. The second-order valence-corrected chi connectivity index (χ2v) is 5.90. The highest BCUT2D eigenvalue weighted by atomic mass is 32.1. The molecule has 1 amide bonds. The van der Waals surface area contributed by atoms with E-state index in [1.54, 1.807) is 6.20 Å². The Morgan fingerprint density at radius 1 is 1.52 bits per heavy atom. The number of aromatic nitrogens is 2. The molecule has 1 N–H and O–H groups in total. The van der Waals surface area contributed by atoms with Crippen molar-refractivity contribution in [2.45, 2.75) is 20.0 Å². The molecule has 0 spiro atoms. The van der Waals surface area contributed by atoms with Crippen LogP contribution in [-0.4, -0.2) is 38.6 Å². The largest absolute Gasteiger partial charge is 0.384 e. The van der Waals surface area contributed by atoms with Crippen LogP contribution in [0.5, 0.6) is 0 Å². The summed E-state index contributed by atoms with van der Waals surface area (Å²) in [7, 11) is 0. The monoisotopic (exact) mass is 301 g/mol. The topological polar surface area (TPSA) is 58.4 Å². The zero-order valence-electron chi connectivity index (χ0n) is 11.7. The Morgan fingerprint density at radius 3 is 3.19 bits per heavy atom. The van der Waals surface area contributed by atoms with Crippen molar-refractivity contribution in [1.82, 2.24) is 14.5 Å². The van der Waals surface area contributed by atoms with Crippen molar-refractivity contribution in [3.05, 3.63) is 39.6 Å². The lowest BCUT2D eigenvalue weighted by Crippen LogP contribution is -2.37. The second kappa shape index (κ2) is 5.72. The van der Waals surface area contributed by atoms with Gasteiger partial charge in [-0.3, -0.25) is 4.79 Å². The van der Waals surface area contributed by atoms with Gasteiger partial charge in [-0.25, -0.2) is 4.98 Å². The number of aryl methyl sites for hydroxylation is 1. The van der Waals surface area contributed by atoms with Crippen LogP contribution in [0, 0.1) is 18.8 Å². The molecule has 0 bridgehead atoms. The molecule has 5 nitrogen and oxygen atoms in total. The standard InChI is InChI=1S/C15H15N3O2S/c1-11-9-13(21-12(11)3-2-8-19)15(20)18-7-6-17-5-4-16-14(17)10-18/h4-5,9,19H,6-8,10H2,1H3. The molecule has 3 rings (SSSR count). The maximum Gasteiger partial charge on any atom is 0.264 e. The van der Waals surface area contributed by atoms with Crippen molar-refractivity contribution in [2.75, 3.05) is 13.2 Å². The number of hydrogen-bond acceptors (Lipinski definition) is 4. The molecule has 0 saturated heterocycles. The fraction of sp³-hybridized carbons (Fsp3) is 0.333. The smallest absolute Gasteiger partial charge is 0.264 e. The van der Waals surface area contributed by atoms with Crippen molar-refractivity contribution in [3.63, 3.8) is 0 Å². The molecule has 0 unspecified atom stereocenters. The van der Waals surface area contributed by atoms with Crippen LogP contribution in [0.15, 0.2) is 18.5 Å². The van der Waals surface area contributed by atoms with Gasteiger partial charge in [0.2, 0.25) is 0 Å². The quantitative estimate of drug-likeness (QED) is 0.807. The molecule has 0 atom stereocenters. The molecule has 0 radical (unpaired) electrons. The van der Waals surface area contributed by atoms with Gasteiger partial charge < -0.3 is 14.6 Å².